The lowest BCUT2D eigenvalue weighted by molar-refractivity contribution is 1.07. The molecule has 0 saturated heterocycles. The van der Waals surface area contributed by atoms with Gasteiger partial charge in [-0.3, -0.25) is 0 Å². The van der Waals surface area contributed by atoms with Crippen LogP contribution >= 0.6 is 0 Å². The Bertz CT molecular complexity index is 3870. The minimum atomic E-state index is 0.284. The number of hydrogen-bond acceptors (Lipinski definition) is 6. The van der Waals surface area contributed by atoms with E-state index in [1.54, 1.807) is 24.3 Å². The van der Waals surface area contributed by atoms with Crippen molar-refractivity contribution >= 4 is 27.5 Å². The minimum absolute atomic E-state index is 0.284. The summed E-state index contributed by atoms with van der Waals surface area (Å²) in [6.45, 7) is 12.1. The van der Waals surface area contributed by atoms with Gasteiger partial charge >= 0.3 is 0 Å². The first-order valence-electron chi connectivity index (χ1n) is 23.0. The van der Waals surface area contributed by atoms with Gasteiger partial charge in [0.05, 0.1) is 52.6 Å². The van der Waals surface area contributed by atoms with E-state index >= 15 is 0 Å². The average Bonchev–Trinajstić information content (AvgIpc) is 3.75. The lowest BCUT2D eigenvalue weighted by Crippen LogP contribution is -2.05. The molecule has 8 heteroatoms. The van der Waals surface area contributed by atoms with Crippen LogP contribution in [0.2, 0.25) is 0 Å². The van der Waals surface area contributed by atoms with Crippen molar-refractivity contribution in [2.45, 2.75) is 13.8 Å². The van der Waals surface area contributed by atoms with Gasteiger partial charge in [0, 0.05) is 49.7 Å². The second-order valence-electron chi connectivity index (χ2n) is 17.4. The van der Waals surface area contributed by atoms with Crippen LogP contribution in [0.5, 0.6) is 0 Å². The summed E-state index contributed by atoms with van der Waals surface area (Å²) in [5.74, 6) is 1.30. The van der Waals surface area contributed by atoms with Crippen LogP contribution in [0.25, 0.3) is 111 Å². The van der Waals surface area contributed by atoms with E-state index in [0.717, 1.165) is 66.3 Å². The highest BCUT2D eigenvalue weighted by molar-refractivity contribution is 6.13. The summed E-state index contributed by atoms with van der Waals surface area (Å²) in [4.78, 5) is 19.0. The lowest BCUT2D eigenvalue weighted by Gasteiger charge is -2.22. The lowest BCUT2D eigenvalue weighted by atomic mass is 9.88. The zero-order chi connectivity index (χ0) is 48.6. The summed E-state index contributed by atoms with van der Waals surface area (Å²) in [5.41, 5.74) is 14.8. The molecule has 2 heterocycles. The van der Waals surface area contributed by atoms with Crippen LogP contribution in [0.3, 0.4) is 0 Å². The van der Waals surface area contributed by atoms with Crippen molar-refractivity contribution in [2.24, 2.45) is 0 Å². The van der Waals surface area contributed by atoms with E-state index in [1.165, 1.54) is 0 Å². The molecule has 0 aliphatic rings. The normalized spacial score (nSPS) is 10.9. The van der Waals surface area contributed by atoms with E-state index in [2.05, 4.69) is 126 Å². The second kappa shape index (κ2) is 18.1. The summed E-state index contributed by atoms with van der Waals surface area (Å²) >= 11 is 0. The maximum absolute atomic E-state index is 11.0. The Kier molecular flexibility index (Phi) is 11.0. The number of aromatic nitrogens is 4. The highest BCUT2D eigenvalue weighted by Gasteiger charge is 2.26. The number of rotatable bonds is 8. The van der Waals surface area contributed by atoms with Crippen molar-refractivity contribution < 1.29 is 0 Å². The fourth-order valence-corrected chi connectivity index (χ4v) is 9.50. The van der Waals surface area contributed by atoms with Crippen LogP contribution in [0.4, 0.5) is 5.69 Å². The van der Waals surface area contributed by atoms with Crippen LogP contribution in [-0.2, 0) is 0 Å². The molecule has 0 N–H and O–H groups in total. The van der Waals surface area contributed by atoms with E-state index in [9.17, 15) is 15.8 Å². The Balaban J connectivity index is 1.31. The maximum Gasteiger partial charge on any atom is 0.188 e. The molecule has 0 unspecified atom stereocenters. The summed E-state index contributed by atoms with van der Waals surface area (Å²) in [6, 6.07) is 70.8. The Morgan fingerprint density at radius 3 is 1.35 bits per heavy atom. The first kappa shape index (κ1) is 43.3. The topological polar surface area (TPSA) is 119 Å². The van der Waals surface area contributed by atoms with Gasteiger partial charge < -0.3 is 4.57 Å². The predicted molar refractivity (Wildman–Crippen MR) is 282 cm³/mol. The van der Waals surface area contributed by atoms with E-state index in [0.29, 0.717) is 62.2 Å². The number of benzene rings is 9. The van der Waals surface area contributed by atoms with Gasteiger partial charge in [0.2, 0.25) is 0 Å². The summed E-state index contributed by atoms with van der Waals surface area (Å²) in [6.07, 6.45) is 0. The van der Waals surface area contributed by atoms with E-state index in [4.69, 9.17) is 21.5 Å². The van der Waals surface area contributed by atoms with Crippen molar-refractivity contribution in [3.63, 3.8) is 0 Å². The molecule has 2 aromatic heterocycles. The molecule has 0 aliphatic heterocycles. The molecular formula is C63H38N8. The molecule has 0 fully saturated rings. The molecule has 0 atom stereocenters. The number of nitrogens with zero attached hydrogens (tertiary/aromatic N) is 8. The largest absolute Gasteiger partial charge is 0.308 e. The van der Waals surface area contributed by atoms with Gasteiger partial charge in [0.15, 0.2) is 23.2 Å². The van der Waals surface area contributed by atoms with Gasteiger partial charge in [0.1, 0.15) is 0 Å². The third-order valence-electron chi connectivity index (χ3n) is 12.9. The molecule has 11 aromatic rings. The molecule has 0 bridgehead atoms. The van der Waals surface area contributed by atoms with Gasteiger partial charge in [-0.05, 0) is 96.3 Å². The standard InChI is InChI=1S/C63H38N8/c1-39-12-10-18-44(28-39)46-21-26-58-54(32-46)55-33-47(45-19-11-13-40(2)29-45)22-27-59(55)71(58)60-56(52-24-20-41(36-64)30-49(52)37-65)34-48(35-57(60)53-25-23-51(67-3)31-50(53)38-66)63-69-61(42-14-6-4-7-15-42)68-62(70-63)43-16-8-5-9-17-43/h4-35H,1-2H3. The van der Waals surface area contributed by atoms with Crippen LogP contribution < -0.4 is 0 Å². The van der Waals surface area contributed by atoms with Crippen molar-refractivity contribution in [2.75, 3.05) is 0 Å². The zero-order valence-electron chi connectivity index (χ0n) is 38.6. The van der Waals surface area contributed by atoms with E-state index in [1.807, 2.05) is 84.9 Å². The van der Waals surface area contributed by atoms with Gasteiger partial charge in [-0.1, -0.05) is 151 Å². The molecule has 0 saturated carbocycles. The summed E-state index contributed by atoms with van der Waals surface area (Å²) in [5, 5.41) is 34.0. The maximum atomic E-state index is 11.0. The van der Waals surface area contributed by atoms with Crippen LogP contribution in [0, 0.1) is 54.4 Å². The van der Waals surface area contributed by atoms with Crippen molar-refractivity contribution in [3.8, 4) is 103 Å². The number of aryl methyl sites for hydroxylation is 2. The van der Waals surface area contributed by atoms with Crippen molar-refractivity contribution in [1.29, 1.82) is 15.8 Å². The highest BCUT2D eigenvalue weighted by atomic mass is 15.0. The van der Waals surface area contributed by atoms with Crippen LogP contribution in [-0.4, -0.2) is 19.5 Å². The SMILES string of the molecule is [C-]#[N+]c1ccc(-c2cc(-c3nc(-c4ccccc4)nc(-c4ccccc4)n3)cc(-c3ccc(C#N)cc3C#N)c2-n2c3ccc(-c4cccc(C)c4)cc3c3cc(-c4cccc(C)c4)ccc32)c(C#N)c1. The Labute approximate surface area is 410 Å². The van der Waals surface area contributed by atoms with Crippen molar-refractivity contribution in [1.82, 2.24) is 19.5 Å². The monoisotopic (exact) mass is 906 g/mol. The predicted octanol–water partition coefficient (Wildman–Crippen LogP) is 15.4. The highest BCUT2D eigenvalue weighted by Crippen LogP contribution is 2.47. The van der Waals surface area contributed by atoms with Crippen LogP contribution in [0.1, 0.15) is 27.8 Å². The average molecular weight is 907 g/mol. The second-order valence-corrected chi connectivity index (χ2v) is 17.4. The molecule has 8 nitrogen and oxygen atoms in total. The molecule has 71 heavy (non-hydrogen) atoms. The first-order valence-corrected chi connectivity index (χ1v) is 23.0. The van der Waals surface area contributed by atoms with E-state index < -0.39 is 0 Å². The molecule has 0 radical (unpaired) electrons. The Morgan fingerprint density at radius 1 is 0.408 bits per heavy atom. The van der Waals surface area contributed by atoms with E-state index in [-0.39, 0.29) is 11.1 Å². The quantitative estimate of drug-likeness (QED) is 0.140. The van der Waals surface area contributed by atoms with Gasteiger partial charge in [-0.15, -0.1) is 0 Å². The zero-order valence-corrected chi connectivity index (χ0v) is 38.6. The fourth-order valence-electron chi connectivity index (χ4n) is 9.50. The number of hydrogen-bond donors (Lipinski definition) is 0. The smallest absolute Gasteiger partial charge is 0.188 e. The van der Waals surface area contributed by atoms with Crippen LogP contribution in [0.15, 0.2) is 194 Å². The molecule has 0 spiro atoms. The molecular weight excluding hydrogens is 869 g/mol. The molecule has 330 valence electrons. The first-order chi connectivity index (χ1) is 34.8. The molecule has 11 rings (SSSR count). The van der Waals surface area contributed by atoms with Gasteiger partial charge in [-0.2, -0.15) is 15.8 Å². The summed E-state index contributed by atoms with van der Waals surface area (Å²) < 4.78 is 2.22. The van der Waals surface area contributed by atoms with Gasteiger partial charge in [0.25, 0.3) is 0 Å². The number of nitriles is 3. The third kappa shape index (κ3) is 8.01. The van der Waals surface area contributed by atoms with Gasteiger partial charge in [-0.25, -0.2) is 19.8 Å². The molecule has 0 amide bonds. The fraction of sp³-hybridized carbons (Fsp3) is 0.0317. The third-order valence-corrected chi connectivity index (χ3v) is 12.9. The Hall–Kier alpha value is -10.3. The summed E-state index contributed by atoms with van der Waals surface area (Å²) in [7, 11) is 0. The Morgan fingerprint density at radius 2 is 0.873 bits per heavy atom. The molecule has 0 aliphatic carbocycles. The minimum Gasteiger partial charge on any atom is -0.308 e. The molecule has 9 aromatic carbocycles. The number of fused-ring (bicyclic) bond motifs is 3. The van der Waals surface area contributed by atoms with Crippen molar-refractivity contribution in [3.05, 3.63) is 233 Å².